The Morgan fingerprint density at radius 3 is 2.73 bits per heavy atom. The van der Waals surface area contributed by atoms with Gasteiger partial charge in [0.25, 0.3) is 0 Å². The highest BCUT2D eigenvalue weighted by Crippen LogP contribution is 2.39. The lowest BCUT2D eigenvalue weighted by Crippen LogP contribution is -2.65. The second-order valence-electron chi connectivity index (χ2n) is 9.11. The molecule has 4 nitrogen and oxygen atoms in total. The number of rotatable bonds is 3. The van der Waals surface area contributed by atoms with Crippen LogP contribution in [-0.4, -0.2) is 53.6 Å². The van der Waals surface area contributed by atoms with Crippen LogP contribution >= 0.6 is 11.6 Å². The first kappa shape index (κ1) is 21.9. The quantitative estimate of drug-likeness (QED) is 0.683. The van der Waals surface area contributed by atoms with Gasteiger partial charge in [0.15, 0.2) is 0 Å². The second-order valence-corrected chi connectivity index (χ2v) is 9.52. The van der Waals surface area contributed by atoms with Gasteiger partial charge in [-0.15, -0.1) is 0 Å². The van der Waals surface area contributed by atoms with Gasteiger partial charge in [-0.3, -0.25) is 9.69 Å². The molecule has 3 aliphatic rings. The zero-order valence-corrected chi connectivity index (χ0v) is 18.0. The molecular formula is C22H28ClF3N2O2. The maximum Gasteiger partial charge on any atom is 0.417 e. The molecule has 2 unspecified atom stereocenters. The van der Waals surface area contributed by atoms with Crippen molar-refractivity contribution >= 4 is 17.5 Å². The number of carbonyl (C=O) groups excluding carboxylic acids is 1. The van der Waals surface area contributed by atoms with Crippen molar-refractivity contribution in [2.45, 2.75) is 64.0 Å². The topological polar surface area (TPSA) is 32.8 Å². The highest BCUT2D eigenvalue weighted by Gasteiger charge is 2.49. The average Bonchev–Trinajstić information content (AvgIpc) is 2.85. The van der Waals surface area contributed by atoms with Gasteiger partial charge in [0.2, 0.25) is 5.91 Å². The molecule has 8 heteroatoms. The number of likely N-dealkylation sites (tertiary alicyclic amines) is 1. The van der Waals surface area contributed by atoms with E-state index in [0.29, 0.717) is 31.1 Å². The van der Waals surface area contributed by atoms with Gasteiger partial charge in [-0.25, -0.2) is 0 Å². The van der Waals surface area contributed by atoms with Crippen LogP contribution in [0.1, 0.15) is 44.2 Å². The molecule has 0 saturated carbocycles. The third-order valence-electron chi connectivity index (χ3n) is 6.77. The van der Waals surface area contributed by atoms with Crippen LogP contribution in [0.4, 0.5) is 13.2 Å². The van der Waals surface area contributed by atoms with Crippen molar-refractivity contribution in [3.63, 3.8) is 0 Å². The van der Waals surface area contributed by atoms with E-state index < -0.39 is 11.7 Å². The summed E-state index contributed by atoms with van der Waals surface area (Å²) in [6, 6.07) is 4.31. The first-order valence-electron chi connectivity index (χ1n) is 10.7. The highest BCUT2D eigenvalue weighted by molar-refractivity contribution is 6.31. The monoisotopic (exact) mass is 444 g/mol. The molecule has 0 radical (unpaired) electrons. The summed E-state index contributed by atoms with van der Waals surface area (Å²) in [7, 11) is 0. The lowest BCUT2D eigenvalue weighted by atomic mass is 9.81. The van der Waals surface area contributed by atoms with Crippen molar-refractivity contribution in [1.29, 1.82) is 0 Å². The Hall–Kier alpha value is -1.31. The number of amides is 1. The SMILES string of the molecule is CC(C)[C@H]1COC2CCN(Cc3ccc(Cl)c(C(F)(F)F)c3)C[C@H]3CCC(=O)N1C23. The summed E-state index contributed by atoms with van der Waals surface area (Å²) in [5, 5.41) is -0.275. The summed E-state index contributed by atoms with van der Waals surface area (Å²) in [6.45, 7) is 6.71. The molecule has 0 N–H and O–H groups in total. The number of hydrogen-bond acceptors (Lipinski definition) is 3. The fraction of sp³-hybridized carbons (Fsp3) is 0.682. The number of ether oxygens (including phenoxy) is 1. The molecule has 1 amide bonds. The molecular weight excluding hydrogens is 417 g/mol. The highest BCUT2D eigenvalue weighted by atomic mass is 35.5. The van der Waals surface area contributed by atoms with Crippen LogP contribution in [0.15, 0.2) is 18.2 Å². The van der Waals surface area contributed by atoms with Crippen molar-refractivity contribution < 1.29 is 22.7 Å². The van der Waals surface area contributed by atoms with Gasteiger partial charge < -0.3 is 9.64 Å². The number of hydrogen-bond donors (Lipinski definition) is 0. The summed E-state index contributed by atoms with van der Waals surface area (Å²) in [5.41, 5.74) is -0.191. The van der Waals surface area contributed by atoms with E-state index in [0.717, 1.165) is 32.0 Å². The number of halogens is 4. The predicted molar refractivity (Wildman–Crippen MR) is 108 cm³/mol. The molecule has 4 rings (SSSR count). The second kappa shape index (κ2) is 8.32. The number of alkyl halides is 3. The fourth-order valence-electron chi connectivity index (χ4n) is 5.28. The lowest BCUT2D eigenvalue weighted by molar-refractivity contribution is -0.172. The molecule has 3 aliphatic heterocycles. The Bertz CT molecular complexity index is 801. The Balaban J connectivity index is 1.54. The zero-order chi connectivity index (χ0) is 21.6. The fourth-order valence-corrected chi connectivity index (χ4v) is 5.51. The van der Waals surface area contributed by atoms with Gasteiger partial charge in [-0.1, -0.05) is 31.5 Å². The lowest BCUT2D eigenvalue weighted by Gasteiger charge is -2.52. The van der Waals surface area contributed by atoms with Crippen molar-refractivity contribution in [3.8, 4) is 0 Å². The van der Waals surface area contributed by atoms with Crippen LogP contribution in [-0.2, 0) is 22.3 Å². The Morgan fingerprint density at radius 1 is 1.27 bits per heavy atom. The van der Waals surface area contributed by atoms with Gasteiger partial charge in [0.1, 0.15) is 0 Å². The Labute approximate surface area is 180 Å². The van der Waals surface area contributed by atoms with E-state index in [9.17, 15) is 18.0 Å². The summed E-state index contributed by atoms with van der Waals surface area (Å²) in [4.78, 5) is 17.0. The minimum atomic E-state index is -4.47. The predicted octanol–water partition coefficient (Wildman–Crippen LogP) is 4.60. The average molecular weight is 445 g/mol. The Morgan fingerprint density at radius 2 is 2.03 bits per heavy atom. The van der Waals surface area contributed by atoms with Crippen LogP contribution in [0.25, 0.3) is 0 Å². The first-order chi connectivity index (χ1) is 14.1. The van der Waals surface area contributed by atoms with E-state index in [1.165, 1.54) is 6.07 Å². The van der Waals surface area contributed by atoms with Crippen LogP contribution in [0.3, 0.4) is 0 Å². The molecule has 4 atom stereocenters. The zero-order valence-electron chi connectivity index (χ0n) is 17.3. The molecule has 0 bridgehead atoms. The van der Waals surface area contributed by atoms with Gasteiger partial charge >= 0.3 is 6.18 Å². The molecule has 0 aromatic heterocycles. The summed E-state index contributed by atoms with van der Waals surface area (Å²) in [5.74, 6) is 0.804. The van der Waals surface area contributed by atoms with Crippen LogP contribution < -0.4 is 0 Å². The normalized spacial score (nSPS) is 30.4. The van der Waals surface area contributed by atoms with Crippen molar-refractivity contribution in [1.82, 2.24) is 9.80 Å². The molecule has 3 saturated heterocycles. The first-order valence-corrected chi connectivity index (χ1v) is 11.0. The minimum Gasteiger partial charge on any atom is -0.374 e. The van der Waals surface area contributed by atoms with E-state index in [1.807, 2.05) is 0 Å². The summed E-state index contributed by atoms with van der Waals surface area (Å²) >= 11 is 5.77. The summed E-state index contributed by atoms with van der Waals surface area (Å²) < 4.78 is 45.9. The molecule has 1 aromatic carbocycles. The molecule has 3 fully saturated rings. The van der Waals surface area contributed by atoms with Gasteiger partial charge in [-0.05, 0) is 42.4 Å². The molecule has 166 valence electrons. The molecule has 1 aromatic rings. The number of morpholine rings is 1. The number of nitrogens with zero attached hydrogens (tertiary/aromatic N) is 2. The molecule has 0 aliphatic carbocycles. The molecule has 0 spiro atoms. The van der Waals surface area contributed by atoms with Crippen molar-refractivity contribution in [2.75, 3.05) is 19.7 Å². The minimum absolute atomic E-state index is 0.00444. The van der Waals surface area contributed by atoms with E-state index >= 15 is 0 Å². The van der Waals surface area contributed by atoms with Crippen molar-refractivity contribution in [3.05, 3.63) is 34.3 Å². The maximum atomic E-state index is 13.2. The maximum absolute atomic E-state index is 13.2. The van der Waals surface area contributed by atoms with Gasteiger partial charge in [-0.2, -0.15) is 13.2 Å². The van der Waals surface area contributed by atoms with E-state index in [4.69, 9.17) is 16.3 Å². The summed E-state index contributed by atoms with van der Waals surface area (Å²) in [6.07, 6.45) is -2.37. The third-order valence-corrected chi connectivity index (χ3v) is 7.10. The molecule has 3 heterocycles. The van der Waals surface area contributed by atoms with Crippen molar-refractivity contribution in [2.24, 2.45) is 11.8 Å². The van der Waals surface area contributed by atoms with E-state index in [1.54, 1.807) is 6.07 Å². The van der Waals surface area contributed by atoms with Crippen LogP contribution in [0.2, 0.25) is 5.02 Å². The molecule has 30 heavy (non-hydrogen) atoms. The number of carbonyl (C=O) groups is 1. The number of piperidine rings is 1. The van der Waals surface area contributed by atoms with Crippen LogP contribution in [0, 0.1) is 11.8 Å². The largest absolute Gasteiger partial charge is 0.417 e. The Kier molecular flexibility index (Phi) is 6.08. The van der Waals surface area contributed by atoms with E-state index in [-0.39, 0.29) is 35.0 Å². The van der Waals surface area contributed by atoms with Gasteiger partial charge in [0, 0.05) is 26.1 Å². The van der Waals surface area contributed by atoms with Gasteiger partial charge in [0.05, 0.1) is 35.4 Å². The smallest absolute Gasteiger partial charge is 0.374 e. The number of benzene rings is 1. The third kappa shape index (κ3) is 4.21. The standard InChI is InChI=1S/C22H28ClF3N2O2/c1-13(2)18-12-30-19-7-8-27(11-15-4-6-20(29)28(18)21(15)19)10-14-3-5-17(23)16(9-14)22(24,25)26/h3,5,9,13,15,18-19,21H,4,6-8,10-12H2,1-2H3/t15-,18-,19?,21?/m1/s1. The van der Waals surface area contributed by atoms with Crippen LogP contribution in [0.5, 0.6) is 0 Å². The van der Waals surface area contributed by atoms with E-state index in [2.05, 4.69) is 23.6 Å².